The minimum atomic E-state index is -4.09. The Labute approximate surface area is 127 Å². The Morgan fingerprint density at radius 1 is 1.32 bits per heavy atom. The van der Waals surface area contributed by atoms with Gasteiger partial charge in [-0.05, 0) is 38.3 Å². The summed E-state index contributed by atoms with van der Waals surface area (Å²) < 4.78 is 57.9. The lowest BCUT2D eigenvalue weighted by Gasteiger charge is -2.11. The molecule has 0 aliphatic heterocycles. The van der Waals surface area contributed by atoms with Crippen LogP contribution in [0.25, 0.3) is 0 Å². The molecule has 0 radical (unpaired) electrons. The number of hydrogen-bond acceptors (Lipinski definition) is 4. The Morgan fingerprint density at radius 2 is 2.05 bits per heavy atom. The molecule has 1 aromatic rings. The monoisotopic (exact) mass is 331 g/mol. The number of carbonyl (C=O) groups is 1. The lowest BCUT2D eigenvalue weighted by molar-refractivity contribution is -0.138. The molecule has 1 aliphatic carbocycles. The summed E-state index contributed by atoms with van der Waals surface area (Å²) in [5.41, 5.74) is -0.291. The second kappa shape index (κ2) is 6.43. The van der Waals surface area contributed by atoms with Crippen molar-refractivity contribution >= 4 is 21.7 Å². The highest BCUT2D eigenvalue weighted by Crippen LogP contribution is 2.32. The van der Waals surface area contributed by atoms with Crippen molar-refractivity contribution in [2.75, 3.05) is 11.3 Å². The van der Waals surface area contributed by atoms with Gasteiger partial charge in [0.05, 0.1) is 22.8 Å². The number of esters is 1. The molecule has 1 aliphatic rings. The van der Waals surface area contributed by atoms with Crippen molar-refractivity contribution < 1.29 is 26.7 Å². The highest BCUT2D eigenvalue weighted by molar-refractivity contribution is 7.96. The van der Waals surface area contributed by atoms with Gasteiger partial charge in [0.2, 0.25) is 0 Å². The van der Waals surface area contributed by atoms with E-state index in [0.717, 1.165) is 12.1 Å². The van der Waals surface area contributed by atoms with Crippen LogP contribution in [0.1, 0.15) is 26.2 Å². The lowest BCUT2D eigenvalue weighted by atomic mass is 10.2. The van der Waals surface area contributed by atoms with E-state index in [0.29, 0.717) is 18.9 Å². The minimum absolute atomic E-state index is 0.0804. The van der Waals surface area contributed by atoms with Gasteiger partial charge in [-0.15, -0.1) is 0 Å². The first-order chi connectivity index (χ1) is 10.3. The van der Waals surface area contributed by atoms with Crippen LogP contribution in [0.15, 0.2) is 28.7 Å². The quantitative estimate of drug-likeness (QED) is 0.842. The van der Waals surface area contributed by atoms with Gasteiger partial charge in [-0.2, -0.15) is 0 Å². The molecule has 0 saturated heterocycles. The highest BCUT2D eigenvalue weighted by Gasteiger charge is 2.31. The van der Waals surface area contributed by atoms with Crippen LogP contribution in [0.4, 0.5) is 14.5 Å². The smallest absolute Gasteiger partial charge is 0.335 e. The molecule has 8 heteroatoms. The van der Waals surface area contributed by atoms with Gasteiger partial charge in [0.15, 0.2) is 0 Å². The summed E-state index contributed by atoms with van der Waals surface area (Å²) in [6, 6.07) is 2.51. The zero-order chi connectivity index (χ0) is 16.3. The van der Waals surface area contributed by atoms with E-state index >= 15 is 0 Å². The van der Waals surface area contributed by atoms with Crippen molar-refractivity contribution in [1.82, 2.24) is 0 Å². The van der Waals surface area contributed by atoms with E-state index in [4.69, 9.17) is 4.74 Å². The third-order valence-corrected chi connectivity index (χ3v) is 4.78. The zero-order valence-electron chi connectivity index (χ0n) is 11.9. The Hall–Kier alpha value is -1.96. The van der Waals surface area contributed by atoms with E-state index < -0.39 is 27.6 Å². The van der Waals surface area contributed by atoms with E-state index in [1.165, 1.54) is 0 Å². The van der Waals surface area contributed by atoms with Crippen LogP contribution < -0.4 is 4.72 Å². The molecule has 0 spiro atoms. The molecule has 0 atom stereocenters. The molecule has 120 valence electrons. The SMILES string of the molecule is CCOC(=O)C1=C(S(=O)(=O)Nc2ccc(F)cc2F)CCC1. The van der Waals surface area contributed by atoms with Gasteiger partial charge in [-0.25, -0.2) is 22.0 Å². The lowest BCUT2D eigenvalue weighted by Crippen LogP contribution is -2.18. The molecule has 0 heterocycles. The average molecular weight is 331 g/mol. The van der Waals surface area contributed by atoms with Crippen molar-refractivity contribution in [3.05, 3.63) is 40.3 Å². The molecule has 5 nitrogen and oxygen atoms in total. The zero-order valence-corrected chi connectivity index (χ0v) is 12.7. The number of sulfonamides is 1. The van der Waals surface area contributed by atoms with Gasteiger partial charge in [-0.1, -0.05) is 0 Å². The number of carbonyl (C=O) groups excluding carboxylic acids is 1. The number of allylic oxidation sites excluding steroid dienone is 1. The maximum Gasteiger partial charge on any atom is 0.335 e. The molecule has 0 saturated carbocycles. The number of halogens is 2. The average Bonchev–Trinajstić information content (AvgIpc) is 2.92. The van der Waals surface area contributed by atoms with Gasteiger partial charge in [0.1, 0.15) is 11.6 Å². The first-order valence-corrected chi connectivity index (χ1v) is 8.20. The molecule has 0 amide bonds. The molecule has 1 aromatic carbocycles. The summed E-state index contributed by atoms with van der Waals surface area (Å²) >= 11 is 0. The number of nitrogens with one attached hydrogen (secondary N) is 1. The van der Waals surface area contributed by atoms with Crippen LogP contribution in [0, 0.1) is 11.6 Å². The fourth-order valence-corrected chi connectivity index (χ4v) is 3.73. The summed E-state index contributed by atoms with van der Waals surface area (Å²) in [6.07, 6.45) is 0.962. The van der Waals surface area contributed by atoms with Crippen LogP contribution in [0.3, 0.4) is 0 Å². The molecule has 2 rings (SSSR count). The minimum Gasteiger partial charge on any atom is -0.463 e. The summed E-state index contributed by atoms with van der Waals surface area (Å²) in [5, 5.41) is 0. The number of ether oxygens (including phenoxy) is 1. The molecule has 0 fully saturated rings. The van der Waals surface area contributed by atoms with E-state index in [-0.39, 0.29) is 29.2 Å². The van der Waals surface area contributed by atoms with E-state index in [9.17, 15) is 22.0 Å². The van der Waals surface area contributed by atoms with Gasteiger partial charge >= 0.3 is 5.97 Å². The first-order valence-electron chi connectivity index (χ1n) is 6.72. The Kier molecular flexibility index (Phi) is 4.80. The van der Waals surface area contributed by atoms with E-state index in [1.54, 1.807) is 6.92 Å². The van der Waals surface area contributed by atoms with Crippen LogP contribution in [0.2, 0.25) is 0 Å². The molecule has 0 bridgehead atoms. The first kappa shape index (κ1) is 16.4. The number of rotatable bonds is 5. The second-order valence-corrected chi connectivity index (χ2v) is 6.41. The van der Waals surface area contributed by atoms with Crippen molar-refractivity contribution in [2.24, 2.45) is 0 Å². The molecular weight excluding hydrogens is 316 g/mol. The highest BCUT2D eigenvalue weighted by atomic mass is 32.2. The Morgan fingerprint density at radius 3 is 2.68 bits per heavy atom. The number of benzene rings is 1. The summed E-state index contributed by atoms with van der Waals surface area (Å²) in [5.74, 6) is -2.52. The maximum atomic E-state index is 13.6. The van der Waals surface area contributed by atoms with Crippen LogP contribution in [-0.2, 0) is 19.6 Å². The standard InChI is InChI=1S/C14H15F2NO4S/c1-2-21-14(18)10-4-3-5-13(10)22(19,20)17-12-7-6-9(15)8-11(12)16/h6-8,17H,2-5H2,1H3. The van der Waals surface area contributed by atoms with Crippen molar-refractivity contribution in [1.29, 1.82) is 0 Å². The summed E-state index contributed by atoms with van der Waals surface area (Å²) in [4.78, 5) is 11.7. The third-order valence-electron chi connectivity index (χ3n) is 3.19. The van der Waals surface area contributed by atoms with Crippen LogP contribution >= 0.6 is 0 Å². The second-order valence-electron chi connectivity index (χ2n) is 4.71. The van der Waals surface area contributed by atoms with E-state index in [1.807, 2.05) is 4.72 Å². The molecule has 22 heavy (non-hydrogen) atoms. The van der Waals surface area contributed by atoms with Gasteiger partial charge in [-0.3, -0.25) is 4.72 Å². The number of hydrogen-bond donors (Lipinski definition) is 1. The topological polar surface area (TPSA) is 72.5 Å². The summed E-state index contributed by atoms with van der Waals surface area (Å²) in [6.45, 7) is 1.75. The normalized spacial score (nSPS) is 15.0. The van der Waals surface area contributed by atoms with Gasteiger partial charge in [0.25, 0.3) is 10.0 Å². The van der Waals surface area contributed by atoms with Crippen molar-refractivity contribution in [3.63, 3.8) is 0 Å². The fourth-order valence-electron chi connectivity index (χ4n) is 2.23. The molecule has 0 unspecified atom stereocenters. The fraction of sp³-hybridized carbons (Fsp3) is 0.357. The van der Waals surface area contributed by atoms with E-state index in [2.05, 4.69) is 0 Å². The molecule has 0 aromatic heterocycles. The molecular formula is C14H15F2NO4S. The van der Waals surface area contributed by atoms with Crippen LogP contribution in [-0.4, -0.2) is 21.0 Å². The Balaban J connectivity index is 2.33. The summed E-state index contributed by atoms with van der Waals surface area (Å²) in [7, 11) is -4.09. The van der Waals surface area contributed by atoms with Crippen molar-refractivity contribution in [2.45, 2.75) is 26.2 Å². The maximum absolute atomic E-state index is 13.6. The van der Waals surface area contributed by atoms with Crippen LogP contribution in [0.5, 0.6) is 0 Å². The predicted octanol–water partition coefficient (Wildman–Crippen LogP) is 2.71. The largest absolute Gasteiger partial charge is 0.463 e. The number of anilines is 1. The predicted molar refractivity (Wildman–Crippen MR) is 76.4 cm³/mol. The van der Waals surface area contributed by atoms with Crippen molar-refractivity contribution in [3.8, 4) is 0 Å². The molecule has 1 N–H and O–H groups in total. The Bertz CT molecular complexity index is 728. The third kappa shape index (κ3) is 3.44. The van der Waals surface area contributed by atoms with Gasteiger partial charge in [0, 0.05) is 6.07 Å². The van der Waals surface area contributed by atoms with Gasteiger partial charge < -0.3 is 4.74 Å².